The third-order valence-electron chi connectivity index (χ3n) is 4.14. The number of phenolic OH excluding ortho intramolecular Hbond substituents is 1. The van der Waals surface area contributed by atoms with Crippen molar-refractivity contribution in [1.82, 2.24) is 5.43 Å². The number of halogens is 1. The molecule has 0 spiro atoms. The first-order chi connectivity index (χ1) is 14.0. The van der Waals surface area contributed by atoms with Gasteiger partial charge in [-0.25, -0.2) is 5.43 Å². The molecule has 0 aliphatic rings. The maximum atomic E-state index is 12.5. The van der Waals surface area contributed by atoms with Crippen LogP contribution in [0.4, 0.5) is 0 Å². The molecule has 0 fully saturated rings. The number of carbonyl (C=O) groups excluding carboxylic acids is 1. The number of nitrogens with one attached hydrogen (secondary N) is 1. The lowest BCUT2D eigenvalue weighted by atomic mass is 10.1. The molecule has 3 aromatic carbocycles. The van der Waals surface area contributed by atoms with E-state index in [2.05, 4.69) is 26.5 Å². The number of benzene rings is 3. The lowest BCUT2D eigenvalue weighted by Crippen LogP contribution is -2.17. The van der Waals surface area contributed by atoms with E-state index < -0.39 is 5.91 Å². The van der Waals surface area contributed by atoms with E-state index >= 15 is 0 Å². The standard InChI is InChI=1S/C22H21BrN2O4/c1-3-28-20-11-16(18(23)12-21(20)29-4-2)13-24-25-22(27)17-9-14-7-5-6-8-15(14)10-19(17)26/h5-13,26H,3-4H2,1-2H3,(H,25,27). The molecule has 0 saturated heterocycles. The second-order valence-corrected chi connectivity index (χ2v) is 6.96. The fourth-order valence-electron chi connectivity index (χ4n) is 2.82. The van der Waals surface area contributed by atoms with Gasteiger partial charge in [0.2, 0.25) is 0 Å². The van der Waals surface area contributed by atoms with Gasteiger partial charge in [0.05, 0.1) is 25.0 Å². The van der Waals surface area contributed by atoms with E-state index in [0.29, 0.717) is 30.3 Å². The van der Waals surface area contributed by atoms with E-state index in [1.165, 1.54) is 6.21 Å². The van der Waals surface area contributed by atoms with Crippen LogP contribution in [0.3, 0.4) is 0 Å². The molecule has 1 amide bonds. The summed E-state index contributed by atoms with van der Waals surface area (Å²) >= 11 is 3.47. The van der Waals surface area contributed by atoms with Crippen LogP contribution in [0.15, 0.2) is 58.1 Å². The molecule has 0 atom stereocenters. The summed E-state index contributed by atoms with van der Waals surface area (Å²) in [6, 6.07) is 14.3. The number of carbonyl (C=O) groups is 1. The SMILES string of the molecule is CCOc1cc(Br)c(C=NNC(=O)c2cc3ccccc3cc2O)cc1OCC. The van der Waals surface area contributed by atoms with Gasteiger partial charge in [0.1, 0.15) is 5.75 Å². The Hall–Kier alpha value is -3.06. The van der Waals surface area contributed by atoms with Gasteiger partial charge in [0.25, 0.3) is 5.91 Å². The number of ether oxygens (including phenoxy) is 2. The van der Waals surface area contributed by atoms with Crippen LogP contribution < -0.4 is 14.9 Å². The van der Waals surface area contributed by atoms with Crippen molar-refractivity contribution in [2.45, 2.75) is 13.8 Å². The highest BCUT2D eigenvalue weighted by Crippen LogP contribution is 2.33. The number of amides is 1. The van der Waals surface area contributed by atoms with Crippen molar-refractivity contribution < 1.29 is 19.4 Å². The minimum atomic E-state index is -0.503. The van der Waals surface area contributed by atoms with Crippen LogP contribution in [0.1, 0.15) is 29.8 Å². The average molecular weight is 457 g/mol. The van der Waals surface area contributed by atoms with Crippen molar-refractivity contribution >= 4 is 38.8 Å². The first kappa shape index (κ1) is 20.7. The highest BCUT2D eigenvalue weighted by atomic mass is 79.9. The number of rotatable bonds is 7. The number of hydrogen-bond donors (Lipinski definition) is 2. The molecule has 7 heteroatoms. The summed E-state index contributed by atoms with van der Waals surface area (Å²) in [7, 11) is 0. The van der Waals surface area contributed by atoms with Crippen molar-refractivity contribution in [2.24, 2.45) is 5.10 Å². The van der Waals surface area contributed by atoms with E-state index in [1.54, 1.807) is 24.3 Å². The topological polar surface area (TPSA) is 80.2 Å². The Labute approximate surface area is 177 Å². The Morgan fingerprint density at radius 3 is 2.34 bits per heavy atom. The van der Waals surface area contributed by atoms with Crippen LogP contribution in [0.5, 0.6) is 17.2 Å². The summed E-state index contributed by atoms with van der Waals surface area (Å²) in [5.41, 5.74) is 3.31. The van der Waals surface area contributed by atoms with Gasteiger partial charge in [-0.15, -0.1) is 0 Å². The molecule has 0 saturated carbocycles. The summed E-state index contributed by atoms with van der Waals surface area (Å²) in [4.78, 5) is 12.5. The normalized spacial score (nSPS) is 11.0. The van der Waals surface area contributed by atoms with Gasteiger partial charge in [-0.3, -0.25) is 4.79 Å². The zero-order valence-corrected chi connectivity index (χ0v) is 17.7. The van der Waals surface area contributed by atoms with E-state index in [0.717, 1.165) is 15.2 Å². The van der Waals surface area contributed by atoms with Crippen LogP contribution in [-0.4, -0.2) is 30.4 Å². The van der Waals surface area contributed by atoms with E-state index in [1.807, 2.05) is 38.1 Å². The van der Waals surface area contributed by atoms with Gasteiger partial charge in [-0.05, 0) is 64.8 Å². The number of aromatic hydroxyl groups is 1. The van der Waals surface area contributed by atoms with Crippen LogP contribution in [-0.2, 0) is 0 Å². The molecule has 0 aliphatic carbocycles. The predicted octanol–water partition coefficient (Wildman–Crippen LogP) is 4.87. The zero-order valence-electron chi connectivity index (χ0n) is 16.1. The predicted molar refractivity (Wildman–Crippen MR) is 117 cm³/mol. The molecule has 3 rings (SSSR count). The van der Waals surface area contributed by atoms with E-state index in [9.17, 15) is 9.90 Å². The molecular weight excluding hydrogens is 436 g/mol. The monoisotopic (exact) mass is 456 g/mol. The lowest BCUT2D eigenvalue weighted by molar-refractivity contribution is 0.0952. The fraction of sp³-hybridized carbons (Fsp3) is 0.182. The molecule has 0 radical (unpaired) electrons. The van der Waals surface area contributed by atoms with E-state index in [4.69, 9.17) is 9.47 Å². The maximum absolute atomic E-state index is 12.5. The first-order valence-electron chi connectivity index (χ1n) is 9.17. The Morgan fingerprint density at radius 2 is 1.69 bits per heavy atom. The molecule has 150 valence electrons. The van der Waals surface area contributed by atoms with Gasteiger partial charge in [0.15, 0.2) is 11.5 Å². The Balaban J connectivity index is 1.79. The number of hydrazone groups is 1. The zero-order chi connectivity index (χ0) is 20.8. The summed E-state index contributed by atoms with van der Waals surface area (Å²) in [6.07, 6.45) is 1.50. The summed E-state index contributed by atoms with van der Waals surface area (Å²) in [5.74, 6) is 0.620. The Morgan fingerprint density at radius 1 is 1.07 bits per heavy atom. The Bertz CT molecular complexity index is 1070. The van der Waals surface area contributed by atoms with Gasteiger partial charge in [-0.2, -0.15) is 5.10 Å². The van der Waals surface area contributed by atoms with Crippen LogP contribution in [0, 0.1) is 0 Å². The molecule has 0 heterocycles. The highest BCUT2D eigenvalue weighted by molar-refractivity contribution is 9.10. The van der Waals surface area contributed by atoms with Gasteiger partial charge < -0.3 is 14.6 Å². The van der Waals surface area contributed by atoms with Crippen molar-refractivity contribution in [3.63, 3.8) is 0 Å². The number of fused-ring (bicyclic) bond motifs is 1. The quantitative estimate of drug-likeness (QED) is 0.392. The smallest absolute Gasteiger partial charge is 0.275 e. The molecule has 0 aliphatic heterocycles. The first-order valence-corrected chi connectivity index (χ1v) is 9.97. The summed E-state index contributed by atoms with van der Waals surface area (Å²) < 4.78 is 11.9. The van der Waals surface area contributed by atoms with Gasteiger partial charge in [0, 0.05) is 10.0 Å². The van der Waals surface area contributed by atoms with Crippen molar-refractivity contribution in [3.8, 4) is 17.2 Å². The summed E-state index contributed by atoms with van der Waals surface area (Å²) in [5, 5.41) is 15.9. The largest absolute Gasteiger partial charge is 0.507 e. The van der Waals surface area contributed by atoms with Crippen LogP contribution in [0.2, 0.25) is 0 Å². The number of phenols is 1. The molecular formula is C22H21BrN2O4. The van der Waals surface area contributed by atoms with Crippen LogP contribution in [0.25, 0.3) is 10.8 Å². The Kier molecular flexibility index (Phi) is 6.72. The summed E-state index contributed by atoms with van der Waals surface area (Å²) in [6.45, 7) is 4.81. The van der Waals surface area contributed by atoms with Gasteiger partial charge >= 0.3 is 0 Å². The van der Waals surface area contributed by atoms with Crippen molar-refractivity contribution in [1.29, 1.82) is 0 Å². The second-order valence-electron chi connectivity index (χ2n) is 6.10. The average Bonchev–Trinajstić information content (AvgIpc) is 2.70. The molecule has 2 N–H and O–H groups in total. The third-order valence-corrected chi connectivity index (χ3v) is 4.83. The highest BCUT2D eigenvalue weighted by Gasteiger charge is 2.13. The maximum Gasteiger partial charge on any atom is 0.275 e. The molecule has 0 aromatic heterocycles. The molecule has 0 bridgehead atoms. The van der Waals surface area contributed by atoms with Crippen LogP contribution >= 0.6 is 15.9 Å². The molecule has 29 heavy (non-hydrogen) atoms. The molecule has 6 nitrogen and oxygen atoms in total. The number of hydrogen-bond acceptors (Lipinski definition) is 5. The minimum Gasteiger partial charge on any atom is -0.507 e. The lowest BCUT2D eigenvalue weighted by Gasteiger charge is -2.12. The van der Waals surface area contributed by atoms with Crippen molar-refractivity contribution in [2.75, 3.05) is 13.2 Å². The second kappa shape index (κ2) is 9.43. The fourth-order valence-corrected chi connectivity index (χ4v) is 3.24. The van der Waals surface area contributed by atoms with E-state index in [-0.39, 0.29) is 11.3 Å². The molecule has 0 unspecified atom stereocenters. The minimum absolute atomic E-state index is 0.0997. The molecule has 3 aromatic rings. The van der Waals surface area contributed by atoms with Crippen molar-refractivity contribution in [3.05, 3.63) is 64.1 Å². The number of nitrogens with zero attached hydrogens (tertiary/aromatic N) is 1. The van der Waals surface area contributed by atoms with Gasteiger partial charge in [-0.1, -0.05) is 24.3 Å². The third kappa shape index (κ3) is 4.86.